The summed E-state index contributed by atoms with van der Waals surface area (Å²) in [6.07, 6.45) is 4.13. The van der Waals surface area contributed by atoms with E-state index in [4.69, 9.17) is 15.2 Å². The molecule has 3 aromatic heterocycles. The molecule has 1 aliphatic rings. The van der Waals surface area contributed by atoms with Crippen LogP contribution in [0.25, 0.3) is 33.4 Å². The van der Waals surface area contributed by atoms with Crippen LogP contribution in [-0.2, 0) is 4.79 Å². The number of aromatic nitrogens is 5. The Morgan fingerprint density at radius 1 is 1.11 bits per heavy atom. The number of benzene rings is 2. The molecule has 0 aliphatic heterocycles. The molecule has 0 unspecified atom stereocenters. The molecule has 1 fully saturated rings. The Balaban J connectivity index is 1.30. The zero-order valence-corrected chi connectivity index (χ0v) is 20.6. The third kappa shape index (κ3) is 4.14. The third-order valence-electron chi connectivity index (χ3n) is 7.14. The minimum Gasteiger partial charge on any atom is -0.481 e. The van der Waals surface area contributed by atoms with Crippen molar-refractivity contribution in [2.45, 2.75) is 45.6 Å². The number of aryl methyl sites for hydroxylation is 2. The molecule has 188 valence electrons. The molecule has 0 atom stereocenters. The zero-order chi connectivity index (χ0) is 25.7. The highest BCUT2D eigenvalue weighted by Gasteiger charge is 2.29. The Kier molecular flexibility index (Phi) is 5.51. The van der Waals surface area contributed by atoms with Crippen LogP contribution in [0.1, 0.15) is 42.9 Å². The van der Waals surface area contributed by atoms with Gasteiger partial charge in [0.15, 0.2) is 11.2 Å². The van der Waals surface area contributed by atoms with E-state index in [1.54, 1.807) is 0 Å². The molecule has 2 aromatic carbocycles. The number of carbonyl (C=O) groups is 1. The molecule has 10 nitrogen and oxygen atoms in total. The maximum Gasteiger partial charge on any atom is 0.306 e. The number of rotatable bonds is 5. The summed E-state index contributed by atoms with van der Waals surface area (Å²) in [6, 6.07) is 12.4. The van der Waals surface area contributed by atoms with Crippen molar-refractivity contribution in [2.24, 2.45) is 5.92 Å². The van der Waals surface area contributed by atoms with Gasteiger partial charge in [-0.15, -0.1) is 0 Å². The number of nitrogens with zero attached hydrogens (tertiary/aromatic N) is 5. The van der Waals surface area contributed by atoms with Gasteiger partial charge in [-0.05, 0) is 68.9 Å². The smallest absolute Gasteiger partial charge is 0.306 e. The first-order valence-electron chi connectivity index (χ1n) is 12.3. The van der Waals surface area contributed by atoms with Crippen molar-refractivity contribution in [3.63, 3.8) is 0 Å². The Bertz CT molecular complexity index is 1630. The van der Waals surface area contributed by atoms with E-state index in [9.17, 15) is 9.90 Å². The summed E-state index contributed by atoms with van der Waals surface area (Å²) in [5, 5.41) is 18.2. The maximum absolute atomic E-state index is 11.4. The molecule has 5 aromatic rings. The lowest BCUT2D eigenvalue weighted by Gasteiger charge is -2.26. The fourth-order valence-corrected chi connectivity index (χ4v) is 5.28. The summed E-state index contributed by atoms with van der Waals surface area (Å²) in [6.45, 7) is 4.05. The van der Waals surface area contributed by atoms with Gasteiger partial charge in [0.25, 0.3) is 6.01 Å². The van der Waals surface area contributed by atoms with E-state index in [-0.39, 0.29) is 12.0 Å². The van der Waals surface area contributed by atoms with Crippen molar-refractivity contribution in [3.05, 3.63) is 53.9 Å². The van der Waals surface area contributed by atoms with Crippen LogP contribution in [0.2, 0.25) is 0 Å². The largest absolute Gasteiger partial charge is 0.481 e. The monoisotopic (exact) mass is 497 g/mol. The number of aliphatic carboxylic acids is 1. The molecular weight excluding hydrogens is 470 g/mol. The van der Waals surface area contributed by atoms with E-state index in [0.717, 1.165) is 46.3 Å². The second-order valence-corrected chi connectivity index (χ2v) is 9.75. The van der Waals surface area contributed by atoms with E-state index < -0.39 is 5.97 Å². The van der Waals surface area contributed by atoms with Gasteiger partial charge in [0, 0.05) is 11.3 Å². The van der Waals surface area contributed by atoms with E-state index in [1.165, 1.54) is 6.33 Å². The molecule has 1 aliphatic carbocycles. The standard InChI is InChI=1S/C27H27N7O3/c1-14-11-15(2)23-20(12-14)32-27(37-23)31-18-7-3-16(4-8-18)22-21-24(28)29-13-30-25(21)34(33-22)19-9-5-17(6-10-19)26(35)36/h3-4,7-8,11-13,17,19H,5-6,9-10H2,1-2H3,(H,31,32)(H,35,36)(H2,28,29,30). The van der Waals surface area contributed by atoms with Crippen molar-refractivity contribution >= 4 is 45.6 Å². The molecule has 0 radical (unpaired) electrons. The second kappa shape index (κ2) is 8.88. The van der Waals surface area contributed by atoms with Gasteiger partial charge >= 0.3 is 5.97 Å². The number of hydrogen-bond acceptors (Lipinski definition) is 8. The number of nitrogens with two attached hydrogens (primary N) is 1. The first-order valence-corrected chi connectivity index (χ1v) is 12.3. The third-order valence-corrected chi connectivity index (χ3v) is 7.14. The fraction of sp³-hybridized carbons (Fsp3) is 0.296. The van der Waals surface area contributed by atoms with Crippen LogP contribution in [0.15, 0.2) is 47.1 Å². The number of nitrogen functional groups attached to an aromatic ring is 1. The lowest BCUT2D eigenvalue weighted by molar-refractivity contribution is -0.143. The number of carboxylic acids is 1. The summed E-state index contributed by atoms with van der Waals surface area (Å²) in [5.74, 6) is -0.663. The van der Waals surface area contributed by atoms with Crippen molar-refractivity contribution in [3.8, 4) is 11.3 Å². The lowest BCUT2D eigenvalue weighted by Crippen LogP contribution is -2.24. The first-order chi connectivity index (χ1) is 17.9. The highest BCUT2D eigenvalue weighted by atomic mass is 16.4. The van der Waals surface area contributed by atoms with E-state index in [0.29, 0.717) is 41.4 Å². The molecule has 10 heteroatoms. The van der Waals surface area contributed by atoms with Crippen LogP contribution in [-0.4, -0.2) is 35.8 Å². The average molecular weight is 498 g/mol. The number of anilines is 3. The van der Waals surface area contributed by atoms with Crippen LogP contribution in [0, 0.1) is 19.8 Å². The minimum absolute atomic E-state index is 0.0633. The Hall–Kier alpha value is -4.47. The maximum atomic E-state index is 11.4. The predicted octanol–water partition coefficient (Wildman–Crippen LogP) is 5.39. The van der Waals surface area contributed by atoms with Gasteiger partial charge in [-0.25, -0.2) is 14.6 Å². The first kappa shape index (κ1) is 23.0. The summed E-state index contributed by atoms with van der Waals surface area (Å²) >= 11 is 0. The van der Waals surface area contributed by atoms with E-state index in [1.807, 2.05) is 48.9 Å². The zero-order valence-electron chi connectivity index (χ0n) is 20.6. The second-order valence-electron chi connectivity index (χ2n) is 9.75. The molecule has 6 rings (SSSR count). The van der Waals surface area contributed by atoms with Gasteiger partial charge in [-0.3, -0.25) is 4.79 Å². The summed E-state index contributed by atoms with van der Waals surface area (Å²) in [4.78, 5) is 24.6. The van der Waals surface area contributed by atoms with Gasteiger partial charge in [-0.1, -0.05) is 18.2 Å². The number of fused-ring (bicyclic) bond motifs is 2. The van der Waals surface area contributed by atoms with Crippen molar-refractivity contribution < 1.29 is 14.3 Å². The van der Waals surface area contributed by atoms with Crippen LogP contribution in [0.5, 0.6) is 0 Å². The predicted molar refractivity (Wildman–Crippen MR) is 141 cm³/mol. The SMILES string of the molecule is Cc1cc(C)c2oc(Nc3ccc(-c4nn(C5CCC(C(=O)O)CC5)c5ncnc(N)c45)cc3)nc2c1. The van der Waals surface area contributed by atoms with Gasteiger partial charge in [0.1, 0.15) is 23.4 Å². The molecule has 3 heterocycles. The summed E-state index contributed by atoms with van der Waals surface area (Å²) in [7, 11) is 0. The number of carboxylic acid groups (broad SMARTS) is 1. The van der Waals surface area contributed by atoms with Crippen LogP contribution in [0.3, 0.4) is 0 Å². The number of hydrogen-bond donors (Lipinski definition) is 3. The van der Waals surface area contributed by atoms with Gasteiger partial charge in [-0.2, -0.15) is 10.1 Å². The molecule has 0 amide bonds. The van der Waals surface area contributed by atoms with Crippen LogP contribution in [0.4, 0.5) is 17.5 Å². The van der Waals surface area contributed by atoms with Gasteiger partial charge < -0.3 is 20.6 Å². The Morgan fingerprint density at radius 2 is 1.86 bits per heavy atom. The topological polar surface area (TPSA) is 145 Å². The highest BCUT2D eigenvalue weighted by Crippen LogP contribution is 2.38. The minimum atomic E-state index is -0.729. The Labute approximate surface area is 212 Å². The molecule has 0 saturated heterocycles. The number of nitrogens with one attached hydrogen (secondary N) is 1. The van der Waals surface area contributed by atoms with Crippen LogP contribution < -0.4 is 11.1 Å². The Morgan fingerprint density at radius 3 is 2.59 bits per heavy atom. The van der Waals surface area contributed by atoms with Gasteiger partial charge in [0.05, 0.1) is 17.3 Å². The summed E-state index contributed by atoms with van der Waals surface area (Å²) in [5.41, 5.74) is 13.1. The summed E-state index contributed by atoms with van der Waals surface area (Å²) < 4.78 is 7.83. The quantitative estimate of drug-likeness (QED) is 0.291. The molecule has 0 spiro atoms. The average Bonchev–Trinajstić information content (AvgIpc) is 3.47. The molecule has 0 bridgehead atoms. The molecular formula is C27H27N7O3. The fourth-order valence-electron chi connectivity index (χ4n) is 5.28. The lowest BCUT2D eigenvalue weighted by atomic mass is 9.86. The van der Waals surface area contributed by atoms with Crippen molar-refractivity contribution in [1.82, 2.24) is 24.7 Å². The number of oxazole rings is 1. The van der Waals surface area contributed by atoms with E-state index in [2.05, 4.69) is 26.3 Å². The van der Waals surface area contributed by atoms with Gasteiger partial charge in [0.2, 0.25) is 0 Å². The highest BCUT2D eigenvalue weighted by molar-refractivity contribution is 5.98. The van der Waals surface area contributed by atoms with Crippen molar-refractivity contribution in [2.75, 3.05) is 11.1 Å². The normalized spacial score (nSPS) is 17.9. The van der Waals surface area contributed by atoms with Crippen molar-refractivity contribution in [1.29, 1.82) is 0 Å². The molecule has 1 saturated carbocycles. The molecule has 37 heavy (non-hydrogen) atoms. The van der Waals surface area contributed by atoms with Crippen LogP contribution >= 0.6 is 0 Å². The van der Waals surface area contributed by atoms with E-state index >= 15 is 0 Å². The molecule has 4 N–H and O–H groups in total.